The predicted octanol–water partition coefficient (Wildman–Crippen LogP) is 23.6. The zero-order valence-corrected chi connectivity index (χ0v) is 96.9. The number of halogens is 7. The molecule has 0 saturated carbocycles. The average Bonchev–Trinajstić information content (AvgIpc) is 1.04. The minimum atomic E-state index is -1.19. The van der Waals surface area contributed by atoms with Crippen molar-refractivity contribution in [3.05, 3.63) is 276 Å². The SMILES string of the molecule is C1CCOC1.C=CC(=O)OCC.C=CCC[C@@H](NC(=O)OC(C)(C)C)c1ccc(Br)cc1.C=CCC[C@@H](N[S@](=O)C(C)(C)C)c1ccc(Br)cc1.C=CCC[C@H](N[S@](=O)C(C)(C)C)c1ccc(Br)cc1.C=CC[CH2-].CC(C)(C)OC(=O)N[C@H](CCC(O)CO)c1ccc(Br)cc1.CC(C)(C)OC(=O)N[C@H](CCC=O)c1ccc(Br)cc1.CC(C)(C)[S@@](=O)N=Cc1ccc(Br)cc1.CO.[Cl-].[Mg+2]. The van der Waals surface area contributed by atoms with Crippen molar-refractivity contribution in [1.29, 1.82) is 0 Å². The van der Waals surface area contributed by atoms with Crippen LogP contribution >= 0.6 is 95.6 Å². The molecule has 6 aromatic carbocycles. The second-order valence-electron chi connectivity index (χ2n) is 35.2. The summed E-state index contributed by atoms with van der Waals surface area (Å²) >= 11 is 20.4. The largest absolute Gasteiger partial charge is 2.00 e. The molecule has 22 nitrogen and oxygen atoms in total. The van der Waals surface area contributed by atoms with E-state index in [9.17, 15) is 41.7 Å². The topological polar surface area (TPSA) is 316 Å². The summed E-state index contributed by atoms with van der Waals surface area (Å²) in [5.74, 6) is -0.359. The number of carbonyl (C=O) groups is 5. The molecule has 8 N–H and O–H groups in total. The Balaban J connectivity index is -0.000000481. The minimum Gasteiger partial charge on any atom is -1.00 e. The molecule has 135 heavy (non-hydrogen) atoms. The monoisotopic (exact) mass is 2340 g/mol. The molecule has 754 valence electrons. The molecule has 1 unspecified atom stereocenters. The van der Waals surface area contributed by atoms with Crippen LogP contribution in [0, 0.1) is 6.92 Å². The van der Waals surface area contributed by atoms with Crippen molar-refractivity contribution in [2.24, 2.45) is 4.40 Å². The first-order valence-corrected chi connectivity index (χ1v) is 51.9. The Morgan fingerprint density at radius 1 is 0.452 bits per heavy atom. The number of nitrogens with zero attached hydrogens (tertiary/aromatic N) is 1. The number of aliphatic hydroxyl groups excluding tert-OH is 3. The zero-order valence-electron chi connectivity index (χ0n) is 82.8. The molecule has 6 aromatic rings. The van der Waals surface area contributed by atoms with Crippen LogP contribution in [-0.2, 0) is 66.2 Å². The maximum absolute atomic E-state index is 12.2. The Hall–Kier alpha value is -5.21. The first-order valence-electron chi connectivity index (χ1n) is 43.8. The fraction of sp³-hybridized carbons (Fsp3) is 0.480. The van der Waals surface area contributed by atoms with Gasteiger partial charge in [-0.2, -0.15) is 10.8 Å². The molecule has 0 bridgehead atoms. The number of allylic oxidation sites excluding steroid dienone is 4. The number of aldehydes is 1. The molecule has 3 amide bonds. The van der Waals surface area contributed by atoms with Crippen LogP contribution < -0.4 is 37.8 Å². The summed E-state index contributed by atoms with van der Waals surface area (Å²) in [7, 11) is -2.33. The summed E-state index contributed by atoms with van der Waals surface area (Å²) in [5.41, 5.74) is 4.58. The Morgan fingerprint density at radius 3 is 0.933 bits per heavy atom. The Morgan fingerprint density at radius 2 is 0.719 bits per heavy atom. The number of carbonyl (C=O) groups excluding carboxylic acids is 5. The normalized spacial score (nSPS) is 13.4. The average molecular weight is 2350 g/mol. The van der Waals surface area contributed by atoms with E-state index in [0.717, 1.165) is 138 Å². The van der Waals surface area contributed by atoms with Crippen molar-refractivity contribution in [3.8, 4) is 0 Å². The van der Waals surface area contributed by atoms with E-state index in [1.54, 1.807) is 40.0 Å². The number of benzene rings is 6. The third-order valence-electron chi connectivity index (χ3n) is 16.8. The van der Waals surface area contributed by atoms with Gasteiger partial charge in [0.15, 0.2) is 0 Å². The van der Waals surface area contributed by atoms with E-state index in [-0.39, 0.29) is 92.5 Å². The van der Waals surface area contributed by atoms with E-state index < -0.39 is 74.1 Å². The number of amides is 3. The molecule has 7 rings (SSSR count). The van der Waals surface area contributed by atoms with Gasteiger partial charge in [0, 0.05) is 78.0 Å². The maximum atomic E-state index is 12.2. The second-order valence-corrected chi connectivity index (χ2v) is 46.6. The van der Waals surface area contributed by atoms with E-state index in [1.807, 2.05) is 243 Å². The Kier molecular flexibility index (Phi) is 79.3. The number of alkyl carbamates (subject to hydrolysis) is 3. The molecule has 1 aliphatic rings. The molecule has 0 spiro atoms. The summed E-state index contributed by atoms with van der Waals surface area (Å²) in [4.78, 5) is 56.3. The third kappa shape index (κ3) is 74.4. The molecule has 9 atom stereocenters. The number of hydrogen-bond donors (Lipinski definition) is 8. The molecule has 33 heteroatoms. The van der Waals surface area contributed by atoms with Crippen LogP contribution in [0.1, 0.15) is 279 Å². The van der Waals surface area contributed by atoms with Gasteiger partial charge in [-0.1, -0.05) is 193 Å². The first-order chi connectivity index (χ1) is 62.1. The molecule has 1 aliphatic heterocycles. The van der Waals surface area contributed by atoms with Crippen LogP contribution in [0.25, 0.3) is 0 Å². The van der Waals surface area contributed by atoms with Crippen LogP contribution in [0.15, 0.2) is 240 Å². The number of rotatable bonds is 33. The summed E-state index contributed by atoms with van der Waals surface area (Å²) in [6.07, 6.45) is 19.3. The fourth-order valence-corrected chi connectivity index (χ4v) is 13.9. The van der Waals surface area contributed by atoms with Gasteiger partial charge in [-0.15, -0.1) is 32.4 Å². The van der Waals surface area contributed by atoms with E-state index in [1.165, 1.54) is 12.8 Å². The molecule has 0 radical (unpaired) electrons. The molecule has 0 aromatic heterocycles. The van der Waals surface area contributed by atoms with Gasteiger partial charge in [-0.3, -0.25) is 0 Å². The van der Waals surface area contributed by atoms with Crippen LogP contribution in [0.4, 0.5) is 14.4 Å². The van der Waals surface area contributed by atoms with Gasteiger partial charge < -0.3 is 79.1 Å². The quantitative estimate of drug-likeness (QED) is 0.00277. The number of nitrogens with one attached hydrogen (secondary N) is 5. The van der Waals surface area contributed by atoms with Gasteiger partial charge >= 0.3 is 47.3 Å². The fourth-order valence-electron chi connectivity index (χ4n) is 10.1. The van der Waals surface area contributed by atoms with Crippen LogP contribution in [0.2, 0.25) is 0 Å². The Labute approximate surface area is 889 Å². The molecule has 1 fully saturated rings. The van der Waals surface area contributed by atoms with E-state index in [2.05, 4.69) is 194 Å². The number of esters is 1. The van der Waals surface area contributed by atoms with Crippen LogP contribution in [-0.4, -0.2) is 158 Å². The zero-order chi connectivity index (χ0) is 102. The van der Waals surface area contributed by atoms with Crippen molar-refractivity contribution in [1.82, 2.24) is 25.4 Å². The molecular formula is C102H151Br6ClMgN6O16S3. The van der Waals surface area contributed by atoms with Crippen molar-refractivity contribution in [3.63, 3.8) is 0 Å². The summed E-state index contributed by atoms with van der Waals surface area (Å²) in [6, 6.07) is 46.7. The standard InChI is InChI=1S/C16H24BrNO4.C16H22BrNO2.C15H20BrNO3.2C15H22BrNOS.C11H14BrNOS.C5H8O2.C4H8O.C4H7.CH4O.ClH.Mg/c1-16(2,3)22-15(21)18-14(9-8-13(20)10-19)11-4-6-12(17)7-5-11;1-5-6-7-14(12-8-10-13(17)11-9-12)18-15(19)20-16(2,3)4;1-15(2,3)20-14(19)17-13(5-4-10-18)11-6-8-12(16)9-7-11;2*1-5-6-7-14(17-19(18)15(2,3)4)12-8-10-13(16)11-9-12;1-11(2,3)15(14)13-8-9-4-6-10(12)7-5-9;1-3-5(6)7-4-2;1-2-4-5-3-1;1-3-4-2;1-2;;/h4-7,13-14,19-20H,8-10H2,1-3H3,(H,18,21);5,8-11,14H,1,6-7H2,2-4H3,(H,18,19);6-10,13H,4-5H2,1-3H3,(H,17,19);2*5,8-11,14,17H,1,6-7H2,2-4H3;4-8H,1-3H3;3H,1,4H2,2H3;1-4H2;3H,1-2,4H2;2H,1H3;1H;/q;;;;;;;;-1;;;+2/p-1/t13?,14-;14-;13-;14-,19+;14-,19-;15-;;;;;;/m111011....../s1. The van der Waals surface area contributed by atoms with Crippen LogP contribution in [0.3, 0.4) is 0 Å². The van der Waals surface area contributed by atoms with E-state index in [4.69, 9.17) is 29.2 Å². The van der Waals surface area contributed by atoms with Crippen molar-refractivity contribution in [2.75, 3.05) is 33.5 Å². The first kappa shape index (κ1) is 138. The number of hydrogen-bond acceptors (Lipinski definition) is 16. The van der Waals surface area contributed by atoms with E-state index >= 15 is 0 Å². The van der Waals surface area contributed by atoms with Crippen molar-refractivity contribution >= 4 is 188 Å². The van der Waals surface area contributed by atoms with Gasteiger partial charge in [0.25, 0.3) is 0 Å². The number of aliphatic hydroxyl groups is 3. The molecule has 0 aliphatic carbocycles. The van der Waals surface area contributed by atoms with Gasteiger partial charge in [0.1, 0.15) is 34.1 Å². The molecule has 1 heterocycles. The molecule has 1 saturated heterocycles. The summed E-state index contributed by atoms with van der Waals surface area (Å²) < 4.78 is 77.0. The summed E-state index contributed by atoms with van der Waals surface area (Å²) in [5, 5.41) is 34.0. The summed E-state index contributed by atoms with van der Waals surface area (Å²) in [6.45, 7) is 59.2. The van der Waals surface area contributed by atoms with Gasteiger partial charge in [0.2, 0.25) is 0 Å². The Bertz CT molecular complexity index is 4170. The van der Waals surface area contributed by atoms with Gasteiger partial charge in [-0.25, -0.2) is 41.2 Å². The van der Waals surface area contributed by atoms with Gasteiger partial charge in [-0.05, 0) is 308 Å². The maximum Gasteiger partial charge on any atom is 2.00 e. The smallest absolute Gasteiger partial charge is 1.00 e. The number of ether oxygens (including phenoxy) is 5. The second kappa shape index (κ2) is 77.4. The minimum absolute atomic E-state index is 0. The van der Waals surface area contributed by atoms with Crippen molar-refractivity contribution < 1.29 is 88.0 Å². The van der Waals surface area contributed by atoms with Crippen molar-refractivity contribution in [2.45, 2.75) is 282 Å². The third-order valence-corrected chi connectivity index (χ3v) is 24.5. The van der Waals surface area contributed by atoms with E-state index in [0.29, 0.717) is 32.3 Å². The molecular weight excluding hydrogens is 2200 g/mol. The van der Waals surface area contributed by atoms with Gasteiger partial charge in [0.05, 0.1) is 73.7 Å². The van der Waals surface area contributed by atoms with Crippen LogP contribution in [0.5, 0.6) is 0 Å². The predicted molar refractivity (Wildman–Crippen MR) is 581 cm³/mol.